The zero-order chi connectivity index (χ0) is 23.3. The zero-order valence-corrected chi connectivity index (χ0v) is 20.1. The maximum atomic E-state index is 12.7. The number of hydrogen-bond donors (Lipinski definition) is 1. The minimum atomic E-state index is -3.59. The van der Waals surface area contributed by atoms with Gasteiger partial charge >= 0.3 is 0 Å². The molecule has 3 heterocycles. The van der Waals surface area contributed by atoms with E-state index in [-0.39, 0.29) is 17.5 Å². The number of aromatic nitrogens is 2. The van der Waals surface area contributed by atoms with Crippen LogP contribution in [0, 0.1) is 0 Å². The molecule has 0 saturated carbocycles. The first-order valence-electron chi connectivity index (χ1n) is 11.8. The Morgan fingerprint density at radius 3 is 2.30 bits per heavy atom. The molecule has 33 heavy (non-hydrogen) atoms. The summed E-state index contributed by atoms with van der Waals surface area (Å²) in [4.78, 5) is 21.4. The lowest BCUT2D eigenvalue weighted by Gasteiger charge is -2.34. The van der Waals surface area contributed by atoms with Crippen molar-refractivity contribution in [2.45, 2.75) is 44.3 Å². The van der Waals surface area contributed by atoms with Crippen LogP contribution >= 0.6 is 0 Å². The lowest BCUT2D eigenvalue weighted by molar-refractivity contribution is -0.116. The number of hydrogen-bond acceptors (Lipinski definition) is 6. The molecule has 0 spiro atoms. The second-order valence-electron chi connectivity index (χ2n) is 8.80. The van der Waals surface area contributed by atoms with Crippen LogP contribution in [0.15, 0.2) is 41.8 Å². The van der Waals surface area contributed by atoms with Gasteiger partial charge in [-0.25, -0.2) is 13.4 Å². The van der Waals surface area contributed by atoms with E-state index in [9.17, 15) is 13.2 Å². The standard InChI is InChI=1S/C23H34N6O3S/c1-2-26-12-14-27(15-13-26)16-20-6-8-21(9-7-20)25-22(30)17-28-18-23(24-19-28)33(31,32)29-10-4-3-5-11-29/h6-9,18-19H,2-5,10-17H2,1H3,(H,25,30). The van der Waals surface area contributed by atoms with Gasteiger partial charge in [-0.3, -0.25) is 9.69 Å². The van der Waals surface area contributed by atoms with Crippen LogP contribution in [-0.4, -0.2) is 83.8 Å². The number of piperidine rings is 1. The van der Waals surface area contributed by atoms with Gasteiger partial charge in [0.2, 0.25) is 5.91 Å². The smallest absolute Gasteiger partial charge is 0.262 e. The lowest BCUT2D eigenvalue weighted by Crippen LogP contribution is -2.45. The summed E-state index contributed by atoms with van der Waals surface area (Å²) in [6, 6.07) is 7.91. The Labute approximate surface area is 196 Å². The molecule has 0 aliphatic carbocycles. The molecule has 4 rings (SSSR count). The summed E-state index contributed by atoms with van der Waals surface area (Å²) in [5, 5.41) is 2.88. The quantitative estimate of drug-likeness (QED) is 0.628. The summed E-state index contributed by atoms with van der Waals surface area (Å²) in [5.41, 5.74) is 1.95. The Bertz CT molecular complexity index is 1020. The summed E-state index contributed by atoms with van der Waals surface area (Å²) < 4.78 is 28.4. The highest BCUT2D eigenvalue weighted by atomic mass is 32.2. The molecule has 1 aromatic heterocycles. The Morgan fingerprint density at radius 1 is 0.970 bits per heavy atom. The number of nitrogens with one attached hydrogen (secondary N) is 1. The predicted octanol–water partition coefficient (Wildman–Crippen LogP) is 1.83. The van der Waals surface area contributed by atoms with Gasteiger partial charge in [0.15, 0.2) is 5.03 Å². The molecule has 1 N–H and O–H groups in total. The minimum Gasteiger partial charge on any atom is -0.327 e. The fourth-order valence-corrected chi connectivity index (χ4v) is 5.83. The number of amides is 1. The Balaban J connectivity index is 1.28. The topological polar surface area (TPSA) is 90.8 Å². The molecule has 9 nitrogen and oxygen atoms in total. The average Bonchev–Trinajstić information content (AvgIpc) is 3.30. The van der Waals surface area contributed by atoms with Crippen molar-refractivity contribution in [3.63, 3.8) is 0 Å². The van der Waals surface area contributed by atoms with Crippen molar-refractivity contribution in [2.75, 3.05) is 51.1 Å². The van der Waals surface area contributed by atoms with Crippen molar-refractivity contribution in [3.8, 4) is 0 Å². The average molecular weight is 475 g/mol. The predicted molar refractivity (Wildman–Crippen MR) is 127 cm³/mol. The lowest BCUT2D eigenvalue weighted by atomic mass is 10.1. The summed E-state index contributed by atoms with van der Waals surface area (Å²) in [7, 11) is -3.59. The van der Waals surface area contributed by atoms with Crippen LogP contribution in [0.2, 0.25) is 0 Å². The molecule has 10 heteroatoms. The highest BCUT2D eigenvalue weighted by Crippen LogP contribution is 2.19. The van der Waals surface area contributed by atoms with E-state index in [1.807, 2.05) is 24.3 Å². The largest absolute Gasteiger partial charge is 0.327 e. The third kappa shape index (κ3) is 6.20. The van der Waals surface area contributed by atoms with Crippen molar-refractivity contribution in [3.05, 3.63) is 42.4 Å². The maximum Gasteiger partial charge on any atom is 0.262 e. The van der Waals surface area contributed by atoms with E-state index >= 15 is 0 Å². The number of benzene rings is 1. The summed E-state index contributed by atoms with van der Waals surface area (Å²) in [6.45, 7) is 9.66. The van der Waals surface area contributed by atoms with Crippen molar-refractivity contribution in [1.82, 2.24) is 23.7 Å². The third-order valence-electron chi connectivity index (χ3n) is 6.41. The zero-order valence-electron chi connectivity index (χ0n) is 19.3. The van der Waals surface area contributed by atoms with E-state index < -0.39 is 10.0 Å². The van der Waals surface area contributed by atoms with Crippen molar-refractivity contribution < 1.29 is 13.2 Å². The van der Waals surface area contributed by atoms with Crippen molar-refractivity contribution >= 4 is 21.6 Å². The van der Waals surface area contributed by atoms with E-state index in [2.05, 4.69) is 27.0 Å². The molecule has 2 fully saturated rings. The normalized spacial score (nSPS) is 18.9. The van der Waals surface area contributed by atoms with Gasteiger partial charge in [-0.1, -0.05) is 25.5 Å². The third-order valence-corrected chi connectivity index (χ3v) is 8.20. The van der Waals surface area contributed by atoms with E-state index in [1.165, 1.54) is 27.0 Å². The first-order valence-corrected chi connectivity index (χ1v) is 13.2. The van der Waals surface area contributed by atoms with Gasteiger partial charge in [0.1, 0.15) is 6.54 Å². The fourth-order valence-electron chi connectivity index (χ4n) is 4.38. The number of anilines is 1. The Kier molecular flexibility index (Phi) is 7.79. The number of carbonyl (C=O) groups is 1. The van der Waals surface area contributed by atoms with Gasteiger partial charge in [-0.05, 0) is 37.1 Å². The molecule has 1 aromatic carbocycles. The van der Waals surface area contributed by atoms with Crippen molar-refractivity contribution in [2.24, 2.45) is 0 Å². The molecule has 2 aromatic rings. The molecule has 1 amide bonds. The van der Waals surface area contributed by atoms with Crippen LogP contribution in [0.5, 0.6) is 0 Å². The van der Waals surface area contributed by atoms with E-state index in [0.29, 0.717) is 13.1 Å². The van der Waals surface area contributed by atoms with Crippen LogP contribution in [0.1, 0.15) is 31.7 Å². The van der Waals surface area contributed by atoms with Gasteiger partial charge in [-0.15, -0.1) is 0 Å². The van der Waals surface area contributed by atoms with Gasteiger partial charge < -0.3 is 14.8 Å². The molecule has 0 unspecified atom stereocenters. The number of sulfonamides is 1. The van der Waals surface area contributed by atoms with Gasteiger partial charge in [0.05, 0.1) is 6.33 Å². The second kappa shape index (κ2) is 10.8. The molecule has 2 aliphatic rings. The highest BCUT2D eigenvalue weighted by Gasteiger charge is 2.28. The molecule has 2 aliphatic heterocycles. The van der Waals surface area contributed by atoms with E-state index in [0.717, 1.165) is 64.2 Å². The summed E-state index contributed by atoms with van der Waals surface area (Å²) in [6.07, 6.45) is 5.63. The van der Waals surface area contributed by atoms with E-state index in [4.69, 9.17) is 0 Å². The number of nitrogens with zero attached hydrogens (tertiary/aromatic N) is 5. The Morgan fingerprint density at radius 2 is 1.64 bits per heavy atom. The number of imidazole rings is 1. The van der Waals surface area contributed by atoms with Gasteiger partial charge in [-0.2, -0.15) is 4.31 Å². The molecule has 2 saturated heterocycles. The number of rotatable bonds is 8. The first-order chi connectivity index (χ1) is 15.9. The Hall–Kier alpha value is -2.27. The number of carbonyl (C=O) groups excluding carboxylic acids is 1. The van der Waals surface area contributed by atoms with Crippen LogP contribution in [-0.2, 0) is 27.9 Å². The van der Waals surface area contributed by atoms with Crippen LogP contribution in [0.3, 0.4) is 0 Å². The van der Waals surface area contributed by atoms with Crippen LogP contribution < -0.4 is 5.32 Å². The molecule has 0 radical (unpaired) electrons. The molecular weight excluding hydrogens is 440 g/mol. The molecule has 0 atom stereocenters. The van der Waals surface area contributed by atoms with Gasteiger partial charge in [0.25, 0.3) is 10.0 Å². The first kappa shape index (κ1) is 23.9. The number of piperazine rings is 1. The maximum absolute atomic E-state index is 12.7. The minimum absolute atomic E-state index is 0.00123. The summed E-state index contributed by atoms with van der Waals surface area (Å²) in [5.74, 6) is -0.224. The molecule has 0 bridgehead atoms. The van der Waals surface area contributed by atoms with Gasteiger partial charge in [0, 0.05) is 57.7 Å². The monoisotopic (exact) mass is 474 g/mol. The second-order valence-corrected chi connectivity index (χ2v) is 10.7. The molecular formula is C23H34N6O3S. The van der Waals surface area contributed by atoms with Crippen molar-refractivity contribution in [1.29, 1.82) is 0 Å². The van der Waals surface area contributed by atoms with Crippen LogP contribution in [0.25, 0.3) is 0 Å². The fraction of sp³-hybridized carbons (Fsp3) is 0.565. The van der Waals surface area contributed by atoms with Crippen LogP contribution in [0.4, 0.5) is 5.69 Å². The molecule has 180 valence electrons. The SMILES string of the molecule is CCN1CCN(Cc2ccc(NC(=O)Cn3cnc(S(=O)(=O)N4CCCCC4)c3)cc2)CC1. The highest BCUT2D eigenvalue weighted by molar-refractivity contribution is 7.89. The number of likely N-dealkylation sites (N-methyl/N-ethyl adjacent to an activating group) is 1. The summed E-state index contributed by atoms with van der Waals surface area (Å²) >= 11 is 0. The van der Waals surface area contributed by atoms with E-state index in [1.54, 1.807) is 0 Å².